The molecule has 2 aromatic carbocycles. The van der Waals surface area contributed by atoms with Crippen LogP contribution in [0.25, 0.3) is 0 Å². The molecule has 3 rings (SSSR count). The van der Waals surface area contributed by atoms with Gasteiger partial charge >= 0.3 is 11.8 Å². The summed E-state index contributed by atoms with van der Waals surface area (Å²) >= 11 is 5.84. The molecule has 152 valence electrons. The molecule has 0 unspecified atom stereocenters. The van der Waals surface area contributed by atoms with Crippen LogP contribution in [0.3, 0.4) is 0 Å². The van der Waals surface area contributed by atoms with Gasteiger partial charge in [-0.05, 0) is 43.2 Å². The second-order valence-corrected chi connectivity index (χ2v) is 9.08. The fraction of sp³-hybridized carbons (Fsp3) is 0.250. The number of hydrogen-bond acceptors (Lipinski definition) is 6. The quantitative estimate of drug-likeness (QED) is 0.585. The highest BCUT2D eigenvalue weighted by Gasteiger charge is 2.19. The van der Waals surface area contributed by atoms with Crippen molar-refractivity contribution in [3.05, 3.63) is 76.4 Å². The smallest absolute Gasteiger partial charge is 0.315 e. The van der Waals surface area contributed by atoms with Crippen LogP contribution in [-0.2, 0) is 22.7 Å². The van der Waals surface area contributed by atoms with Gasteiger partial charge in [0.05, 0.1) is 10.6 Å². The third kappa shape index (κ3) is 5.88. The van der Waals surface area contributed by atoms with Crippen LogP contribution in [0, 0.1) is 6.92 Å². The highest BCUT2D eigenvalue weighted by Crippen LogP contribution is 2.13. The van der Waals surface area contributed by atoms with Crippen LogP contribution in [0.1, 0.15) is 27.6 Å². The molecule has 0 aliphatic heterocycles. The molecule has 0 aliphatic carbocycles. The second kappa shape index (κ2) is 9.19. The number of nitrogens with zero attached hydrogens (tertiary/aromatic N) is 2. The maximum Gasteiger partial charge on any atom is 0.315 e. The van der Waals surface area contributed by atoms with Gasteiger partial charge in [-0.1, -0.05) is 46.6 Å². The van der Waals surface area contributed by atoms with E-state index in [1.54, 1.807) is 36.4 Å². The maximum absolute atomic E-state index is 12.4. The largest absolute Gasteiger partial charge is 0.347 e. The molecule has 1 N–H and O–H groups in total. The van der Waals surface area contributed by atoms with E-state index in [2.05, 4.69) is 15.5 Å². The van der Waals surface area contributed by atoms with Gasteiger partial charge in [0.2, 0.25) is 0 Å². The van der Waals surface area contributed by atoms with Crippen molar-refractivity contribution in [1.82, 2.24) is 15.5 Å². The Hall–Kier alpha value is -2.71. The fourth-order valence-electron chi connectivity index (χ4n) is 2.58. The molecular formula is C20H20ClN3O4S. The average molecular weight is 434 g/mol. The molecule has 1 aromatic heterocycles. The topological polar surface area (TPSA) is 102 Å². The number of halogens is 1. The zero-order valence-corrected chi connectivity index (χ0v) is 17.3. The van der Waals surface area contributed by atoms with E-state index < -0.39 is 15.7 Å². The molecule has 7 nitrogen and oxygen atoms in total. The Bertz CT molecular complexity index is 1080. The summed E-state index contributed by atoms with van der Waals surface area (Å²) in [4.78, 5) is 16.3. The first-order chi connectivity index (χ1) is 13.8. The van der Waals surface area contributed by atoms with E-state index >= 15 is 0 Å². The number of amides is 1. The lowest BCUT2D eigenvalue weighted by Crippen LogP contribution is -2.26. The number of carbonyl (C=O) groups excluding carboxylic acids is 1. The number of aromatic nitrogens is 2. The van der Waals surface area contributed by atoms with Crippen LogP contribution in [0.15, 0.2) is 57.9 Å². The van der Waals surface area contributed by atoms with Crippen LogP contribution in [0.4, 0.5) is 0 Å². The Balaban J connectivity index is 1.51. The molecule has 29 heavy (non-hydrogen) atoms. The first-order valence-corrected chi connectivity index (χ1v) is 11.0. The van der Waals surface area contributed by atoms with Crippen LogP contribution in [0.2, 0.25) is 5.02 Å². The lowest BCUT2D eigenvalue weighted by Gasteiger charge is -2.03. The molecule has 0 aliphatic rings. The van der Waals surface area contributed by atoms with Gasteiger partial charge in [-0.3, -0.25) is 4.79 Å². The summed E-state index contributed by atoms with van der Waals surface area (Å²) < 4.78 is 29.7. The molecule has 0 atom stereocenters. The molecule has 0 bridgehead atoms. The van der Waals surface area contributed by atoms with Gasteiger partial charge in [0.15, 0.2) is 15.7 Å². The van der Waals surface area contributed by atoms with Crippen molar-refractivity contribution in [2.45, 2.75) is 24.7 Å². The van der Waals surface area contributed by atoms with Crippen molar-refractivity contribution in [3.63, 3.8) is 0 Å². The summed E-state index contributed by atoms with van der Waals surface area (Å²) in [5.41, 5.74) is 2.01. The van der Waals surface area contributed by atoms with E-state index in [-0.39, 0.29) is 28.8 Å². The van der Waals surface area contributed by atoms with E-state index in [0.717, 1.165) is 11.1 Å². The first-order valence-electron chi connectivity index (χ1n) is 8.98. The lowest BCUT2D eigenvalue weighted by atomic mass is 10.1. The van der Waals surface area contributed by atoms with Crippen molar-refractivity contribution in [1.29, 1.82) is 0 Å². The van der Waals surface area contributed by atoms with Crippen molar-refractivity contribution >= 4 is 27.3 Å². The summed E-state index contributed by atoms with van der Waals surface area (Å²) in [7, 11) is -3.47. The molecule has 3 aromatic rings. The number of hydrogen-bond donors (Lipinski definition) is 1. The maximum atomic E-state index is 12.4. The van der Waals surface area contributed by atoms with Crippen LogP contribution in [0.5, 0.6) is 0 Å². The fourth-order valence-corrected chi connectivity index (χ4v) is 3.95. The number of benzene rings is 2. The molecule has 0 saturated heterocycles. The zero-order chi connectivity index (χ0) is 20.9. The van der Waals surface area contributed by atoms with Gasteiger partial charge in [-0.15, -0.1) is 0 Å². The minimum Gasteiger partial charge on any atom is -0.347 e. The molecular weight excluding hydrogens is 414 g/mol. The minimum absolute atomic E-state index is 0.0533. The summed E-state index contributed by atoms with van der Waals surface area (Å²) in [6.45, 7) is 2.28. The Morgan fingerprint density at radius 3 is 2.45 bits per heavy atom. The third-order valence-corrected chi connectivity index (χ3v) is 6.23. The summed E-state index contributed by atoms with van der Waals surface area (Å²) in [5, 5.41) is 7.04. The molecule has 0 fully saturated rings. The summed E-state index contributed by atoms with van der Waals surface area (Å²) in [6.07, 6.45) is 0.677. The summed E-state index contributed by atoms with van der Waals surface area (Å²) in [6, 6.07) is 14.0. The van der Waals surface area contributed by atoms with Crippen molar-refractivity contribution in [2.75, 3.05) is 12.3 Å². The molecule has 0 spiro atoms. The number of rotatable bonds is 8. The lowest BCUT2D eigenvalue weighted by molar-refractivity contribution is 0.0910. The van der Waals surface area contributed by atoms with Gasteiger partial charge < -0.3 is 9.84 Å². The Morgan fingerprint density at radius 2 is 1.76 bits per heavy atom. The standard InChI is InChI=1S/C20H20ClN3O4S/c1-14-2-8-17(9-3-14)29(26,27)13-11-18-23-20(28-24-18)19(25)22-12-10-15-4-6-16(21)7-5-15/h2-9H,10-13H2,1H3,(H,22,25). The predicted octanol–water partition coefficient (Wildman–Crippen LogP) is 3.02. The van der Waals surface area contributed by atoms with E-state index in [1.807, 2.05) is 19.1 Å². The van der Waals surface area contributed by atoms with Crippen LogP contribution in [-0.4, -0.2) is 36.8 Å². The summed E-state index contributed by atoms with van der Waals surface area (Å²) in [5.74, 6) is -0.695. The van der Waals surface area contributed by atoms with E-state index in [0.29, 0.717) is 18.0 Å². The minimum atomic E-state index is -3.47. The number of aryl methyl sites for hydroxylation is 2. The van der Waals surface area contributed by atoms with E-state index in [9.17, 15) is 13.2 Å². The van der Waals surface area contributed by atoms with Crippen molar-refractivity contribution in [3.8, 4) is 0 Å². The SMILES string of the molecule is Cc1ccc(S(=O)(=O)CCc2noc(C(=O)NCCc3ccc(Cl)cc3)n2)cc1. The van der Waals surface area contributed by atoms with Crippen LogP contribution < -0.4 is 5.32 Å². The molecule has 1 amide bonds. The van der Waals surface area contributed by atoms with E-state index in [1.165, 1.54) is 0 Å². The second-order valence-electron chi connectivity index (χ2n) is 6.53. The Morgan fingerprint density at radius 1 is 1.07 bits per heavy atom. The van der Waals surface area contributed by atoms with Gasteiger partial charge in [-0.25, -0.2) is 8.42 Å². The molecule has 9 heteroatoms. The van der Waals surface area contributed by atoms with Gasteiger partial charge in [0.1, 0.15) is 0 Å². The van der Waals surface area contributed by atoms with Crippen molar-refractivity contribution < 1.29 is 17.7 Å². The number of nitrogens with one attached hydrogen (secondary N) is 1. The monoisotopic (exact) mass is 433 g/mol. The number of carbonyl (C=O) groups is 1. The Labute approximate surface area is 174 Å². The zero-order valence-electron chi connectivity index (χ0n) is 15.8. The van der Waals surface area contributed by atoms with Gasteiger partial charge in [-0.2, -0.15) is 4.98 Å². The average Bonchev–Trinajstić information content (AvgIpc) is 3.18. The molecule has 1 heterocycles. The highest BCUT2D eigenvalue weighted by atomic mass is 35.5. The van der Waals surface area contributed by atoms with Gasteiger partial charge in [0, 0.05) is 18.0 Å². The van der Waals surface area contributed by atoms with E-state index in [4.69, 9.17) is 16.1 Å². The van der Waals surface area contributed by atoms with Crippen molar-refractivity contribution in [2.24, 2.45) is 0 Å². The first kappa shape index (κ1) is 21.0. The normalized spacial score (nSPS) is 11.4. The molecule has 0 saturated carbocycles. The predicted molar refractivity (Wildman–Crippen MR) is 109 cm³/mol. The number of sulfone groups is 1. The Kier molecular flexibility index (Phi) is 6.66. The third-order valence-electron chi connectivity index (χ3n) is 4.25. The van der Waals surface area contributed by atoms with Crippen LogP contribution >= 0.6 is 11.6 Å². The van der Waals surface area contributed by atoms with Gasteiger partial charge in [0.25, 0.3) is 0 Å². The highest BCUT2D eigenvalue weighted by molar-refractivity contribution is 7.91. The molecule has 0 radical (unpaired) electrons.